The second-order valence-electron chi connectivity index (χ2n) is 11.2. The summed E-state index contributed by atoms with van der Waals surface area (Å²) >= 11 is 0. The van der Waals surface area contributed by atoms with E-state index in [0.717, 1.165) is 47.0 Å². The summed E-state index contributed by atoms with van der Waals surface area (Å²) in [6.45, 7) is 7.28. The summed E-state index contributed by atoms with van der Waals surface area (Å²) in [5.74, 6) is 1.09. The Morgan fingerprint density at radius 3 is 2.32 bits per heavy atom. The first-order valence-corrected chi connectivity index (χ1v) is 13.6. The van der Waals surface area contributed by atoms with Gasteiger partial charge in [-0.05, 0) is 51.2 Å². The van der Waals surface area contributed by atoms with E-state index >= 15 is 0 Å². The van der Waals surface area contributed by atoms with Crippen molar-refractivity contribution in [2.75, 3.05) is 13.1 Å². The number of fused-ring (bicyclic) bond motifs is 6. The lowest BCUT2D eigenvalue weighted by Gasteiger charge is -2.58. The van der Waals surface area contributed by atoms with Crippen molar-refractivity contribution in [3.05, 3.63) is 115 Å². The van der Waals surface area contributed by atoms with E-state index in [4.69, 9.17) is 0 Å². The van der Waals surface area contributed by atoms with Gasteiger partial charge in [0.25, 0.3) is 0 Å². The number of hydrogen-bond donors (Lipinski definition) is 1. The summed E-state index contributed by atoms with van der Waals surface area (Å²) in [6.07, 6.45) is 5.72. The Morgan fingerprint density at radius 1 is 0.919 bits per heavy atom. The smallest absolute Gasteiger partial charge is 0.131 e. The van der Waals surface area contributed by atoms with Crippen molar-refractivity contribution in [2.24, 2.45) is 11.8 Å². The van der Waals surface area contributed by atoms with Crippen LogP contribution in [0.4, 0.5) is 0 Å². The number of rotatable bonds is 5. The van der Waals surface area contributed by atoms with Gasteiger partial charge < -0.3 is 9.59 Å². The van der Waals surface area contributed by atoms with Crippen LogP contribution in [0.3, 0.4) is 0 Å². The third-order valence-corrected chi connectivity index (χ3v) is 9.40. The average molecular weight is 486 g/mol. The zero-order chi connectivity index (χ0) is 25.0. The molecule has 1 aromatic heterocycles. The molecule has 1 N–H and O–H groups in total. The molecule has 4 aromatic carbocycles. The first-order valence-electron chi connectivity index (χ1n) is 13.6. The fraction of sp³-hybridized carbons (Fsp3) is 0.265. The van der Waals surface area contributed by atoms with Crippen LogP contribution in [0.1, 0.15) is 30.1 Å². The highest BCUT2D eigenvalue weighted by Crippen LogP contribution is 2.49. The number of piperidine rings is 3. The van der Waals surface area contributed by atoms with Gasteiger partial charge in [0.15, 0.2) is 0 Å². The average Bonchev–Trinajstić information content (AvgIpc) is 2.96. The van der Waals surface area contributed by atoms with Gasteiger partial charge >= 0.3 is 0 Å². The van der Waals surface area contributed by atoms with E-state index in [2.05, 4.69) is 78.3 Å². The summed E-state index contributed by atoms with van der Waals surface area (Å²) in [7, 11) is 0. The second kappa shape index (κ2) is 8.79. The number of hydrogen-bond acceptors (Lipinski definition) is 2. The van der Waals surface area contributed by atoms with Crippen molar-refractivity contribution < 1.29 is 9.59 Å². The van der Waals surface area contributed by atoms with Gasteiger partial charge in [-0.2, -0.15) is 0 Å². The highest BCUT2D eigenvalue weighted by Gasteiger charge is 2.54. The molecular formula is C34H33N2O+. The Kier molecular flexibility index (Phi) is 5.38. The zero-order valence-corrected chi connectivity index (χ0v) is 21.1. The minimum Gasteiger partial charge on any atom is -0.382 e. The molecule has 3 nitrogen and oxygen atoms in total. The molecule has 8 rings (SSSR count). The van der Waals surface area contributed by atoms with Gasteiger partial charge in [0, 0.05) is 35.9 Å². The lowest BCUT2D eigenvalue weighted by molar-refractivity contribution is -0.984. The number of nitrogens with zero attached hydrogens (tertiary/aromatic N) is 2. The Hall–Kier alpha value is -3.53. The summed E-state index contributed by atoms with van der Waals surface area (Å²) in [4.78, 5) is 4.57. The van der Waals surface area contributed by atoms with E-state index in [-0.39, 0.29) is 6.04 Å². The fourth-order valence-electron chi connectivity index (χ4n) is 7.56. The van der Waals surface area contributed by atoms with Crippen LogP contribution in [0, 0.1) is 11.8 Å². The molecule has 0 radical (unpaired) electrons. The van der Waals surface area contributed by atoms with E-state index in [1.807, 2.05) is 30.5 Å². The van der Waals surface area contributed by atoms with Crippen LogP contribution in [0.2, 0.25) is 0 Å². The molecular weight excluding hydrogens is 452 g/mol. The first kappa shape index (κ1) is 22.7. The normalized spacial score (nSPS) is 26.0. The van der Waals surface area contributed by atoms with Crippen molar-refractivity contribution in [2.45, 2.75) is 31.5 Å². The fourth-order valence-corrected chi connectivity index (χ4v) is 7.56. The molecule has 3 aliphatic rings. The largest absolute Gasteiger partial charge is 0.382 e. The van der Waals surface area contributed by atoms with Crippen LogP contribution >= 0.6 is 0 Å². The van der Waals surface area contributed by atoms with Crippen molar-refractivity contribution in [1.29, 1.82) is 0 Å². The summed E-state index contributed by atoms with van der Waals surface area (Å²) in [5, 5.41) is 18.4. The molecule has 4 heterocycles. The van der Waals surface area contributed by atoms with E-state index in [1.54, 1.807) is 0 Å². The highest BCUT2D eigenvalue weighted by atomic mass is 16.3. The topological polar surface area (TPSA) is 33.1 Å². The lowest BCUT2D eigenvalue weighted by Crippen LogP contribution is -2.67. The van der Waals surface area contributed by atoms with Crippen molar-refractivity contribution >= 4 is 32.4 Å². The number of aliphatic hydroxyl groups excluding tert-OH is 1. The Balaban J connectivity index is 1.39. The molecule has 0 spiro atoms. The van der Waals surface area contributed by atoms with Crippen LogP contribution in [0.5, 0.6) is 0 Å². The summed E-state index contributed by atoms with van der Waals surface area (Å²) in [6, 6.07) is 30.3. The van der Waals surface area contributed by atoms with E-state index in [0.29, 0.717) is 11.8 Å². The second-order valence-corrected chi connectivity index (χ2v) is 11.2. The Bertz CT molecular complexity index is 1580. The Labute approximate surface area is 218 Å². The molecule has 5 aromatic rings. The van der Waals surface area contributed by atoms with E-state index in [1.165, 1.54) is 33.5 Å². The maximum absolute atomic E-state index is 12.1. The predicted molar refractivity (Wildman–Crippen MR) is 152 cm³/mol. The SMILES string of the molecule is C=CC1C[N+]2(Cc3c4ccccc4cc4ccccc34)CCC1C[C@@H]2C(O)c1ccnc2ccccc12. The molecule has 5 atom stereocenters. The van der Waals surface area contributed by atoms with Gasteiger partial charge in [-0.15, -0.1) is 6.58 Å². The predicted octanol–water partition coefficient (Wildman–Crippen LogP) is 7.19. The molecule has 3 aliphatic heterocycles. The molecule has 3 saturated heterocycles. The molecule has 3 fully saturated rings. The van der Waals surface area contributed by atoms with Crippen LogP contribution in [-0.2, 0) is 6.54 Å². The third kappa shape index (κ3) is 3.60. The zero-order valence-electron chi connectivity index (χ0n) is 21.1. The van der Waals surface area contributed by atoms with Crippen molar-refractivity contribution in [1.82, 2.24) is 4.98 Å². The van der Waals surface area contributed by atoms with Gasteiger partial charge in [0.1, 0.15) is 18.7 Å². The molecule has 2 bridgehead atoms. The van der Waals surface area contributed by atoms with Crippen LogP contribution in [-0.4, -0.2) is 33.7 Å². The molecule has 4 unspecified atom stereocenters. The number of para-hydroxylation sites is 1. The highest BCUT2D eigenvalue weighted by molar-refractivity contribution is 6.02. The number of pyridine rings is 1. The number of aromatic nitrogens is 1. The van der Waals surface area contributed by atoms with Crippen LogP contribution in [0.15, 0.2) is 104 Å². The monoisotopic (exact) mass is 485 g/mol. The number of aliphatic hydroxyl groups is 1. The number of benzene rings is 4. The maximum Gasteiger partial charge on any atom is 0.131 e. The minimum atomic E-state index is -0.539. The lowest BCUT2D eigenvalue weighted by atomic mass is 9.71. The quantitative estimate of drug-likeness (QED) is 0.162. The summed E-state index contributed by atoms with van der Waals surface area (Å²) in [5.41, 5.74) is 3.37. The standard InChI is InChI=1S/C34H33N2O/c1-2-23-21-36(22-31-27-11-5-3-9-25(27)19-26-10-4-6-12-28(26)31)18-16-24(23)20-33(36)34(37)30-15-17-35-32-14-8-7-13-29(30)32/h2-15,17,19,23-24,33-34,37H,1,16,18,20-22H2/q+1/t23?,24?,33-,34?,36?/m1/s1. The molecule has 0 aliphatic carbocycles. The third-order valence-electron chi connectivity index (χ3n) is 9.40. The molecule has 0 saturated carbocycles. The van der Waals surface area contributed by atoms with Crippen LogP contribution < -0.4 is 0 Å². The summed E-state index contributed by atoms with van der Waals surface area (Å²) < 4.78 is 0.906. The van der Waals surface area contributed by atoms with Gasteiger partial charge in [-0.25, -0.2) is 0 Å². The molecule has 3 heteroatoms. The molecule has 184 valence electrons. The van der Waals surface area contributed by atoms with E-state index in [9.17, 15) is 5.11 Å². The van der Waals surface area contributed by atoms with Crippen LogP contribution in [0.25, 0.3) is 32.4 Å². The maximum atomic E-state index is 12.1. The molecule has 0 amide bonds. The first-order chi connectivity index (χ1) is 18.2. The van der Waals surface area contributed by atoms with Crippen molar-refractivity contribution in [3.63, 3.8) is 0 Å². The Morgan fingerprint density at radius 2 is 1.59 bits per heavy atom. The van der Waals surface area contributed by atoms with Gasteiger partial charge in [-0.1, -0.05) is 72.8 Å². The van der Waals surface area contributed by atoms with Gasteiger partial charge in [0.2, 0.25) is 0 Å². The van der Waals surface area contributed by atoms with Crippen molar-refractivity contribution in [3.8, 4) is 0 Å². The molecule has 37 heavy (non-hydrogen) atoms. The van der Waals surface area contributed by atoms with Gasteiger partial charge in [0.05, 0.1) is 18.6 Å². The number of quaternary nitrogens is 1. The van der Waals surface area contributed by atoms with E-state index < -0.39 is 6.10 Å². The van der Waals surface area contributed by atoms with Gasteiger partial charge in [-0.3, -0.25) is 4.98 Å². The minimum absolute atomic E-state index is 0.137.